The average molecular weight is 535 g/mol. The van der Waals surface area contributed by atoms with Crippen molar-refractivity contribution >= 4 is 11.6 Å². The van der Waals surface area contributed by atoms with E-state index in [-0.39, 0.29) is 37.6 Å². The van der Waals surface area contributed by atoms with Crippen molar-refractivity contribution < 1.29 is 28.1 Å². The maximum Gasteiger partial charge on any atom is 0.317 e. The standard InChI is InChI=1S/C27H27FN6O5/c1-27(25(35)31-19-7-10-29-11-8-19)15-38-24(39-16-27)23-33-21(17-3-5-18(28)6-4-17)22(34-23)20-9-12-30-26(32-20)37-14-13-36-2/h3-12,24H,13-16H2,1-2H3,(H,33,34)(H,29,31,35). The number of hydrogen-bond acceptors (Lipinski definition) is 9. The van der Waals surface area contributed by atoms with E-state index in [1.807, 2.05) is 0 Å². The Morgan fingerprint density at radius 3 is 2.54 bits per heavy atom. The molecule has 0 atom stereocenters. The van der Waals surface area contributed by atoms with Gasteiger partial charge in [-0.2, -0.15) is 4.98 Å². The summed E-state index contributed by atoms with van der Waals surface area (Å²) < 4.78 is 36.2. The van der Waals surface area contributed by atoms with Gasteiger partial charge in [0.1, 0.15) is 12.4 Å². The van der Waals surface area contributed by atoms with Crippen LogP contribution in [0.15, 0.2) is 61.1 Å². The van der Waals surface area contributed by atoms with Crippen LogP contribution in [-0.2, 0) is 19.0 Å². The fourth-order valence-electron chi connectivity index (χ4n) is 3.89. The van der Waals surface area contributed by atoms with Gasteiger partial charge in [0.05, 0.1) is 42.3 Å². The molecule has 202 valence electrons. The molecular formula is C27H27FN6O5. The molecule has 12 heteroatoms. The molecule has 39 heavy (non-hydrogen) atoms. The van der Waals surface area contributed by atoms with Crippen LogP contribution in [0.25, 0.3) is 22.6 Å². The van der Waals surface area contributed by atoms with Crippen LogP contribution in [0.4, 0.5) is 10.1 Å². The van der Waals surface area contributed by atoms with Gasteiger partial charge in [-0.05, 0) is 49.4 Å². The zero-order valence-electron chi connectivity index (χ0n) is 21.4. The van der Waals surface area contributed by atoms with Gasteiger partial charge in [0, 0.05) is 37.0 Å². The smallest absolute Gasteiger partial charge is 0.317 e. The molecule has 1 fully saturated rings. The first-order valence-electron chi connectivity index (χ1n) is 12.2. The summed E-state index contributed by atoms with van der Waals surface area (Å²) in [6.45, 7) is 2.64. The van der Waals surface area contributed by atoms with Crippen LogP contribution in [0.3, 0.4) is 0 Å². The summed E-state index contributed by atoms with van der Waals surface area (Å²) in [5.74, 6) is -0.224. The quantitative estimate of drug-likeness (QED) is 0.308. The van der Waals surface area contributed by atoms with Crippen LogP contribution in [-0.4, -0.2) is 64.4 Å². The number of H-pyrrole nitrogens is 1. The maximum absolute atomic E-state index is 13.6. The topological polar surface area (TPSA) is 133 Å². The highest BCUT2D eigenvalue weighted by atomic mass is 19.1. The van der Waals surface area contributed by atoms with Crippen molar-refractivity contribution in [2.24, 2.45) is 5.41 Å². The van der Waals surface area contributed by atoms with Crippen molar-refractivity contribution in [2.45, 2.75) is 13.2 Å². The maximum atomic E-state index is 13.6. The van der Waals surface area contributed by atoms with Crippen LogP contribution in [0.1, 0.15) is 19.0 Å². The van der Waals surface area contributed by atoms with Crippen molar-refractivity contribution in [3.63, 3.8) is 0 Å². The van der Waals surface area contributed by atoms with Crippen LogP contribution >= 0.6 is 0 Å². The Morgan fingerprint density at radius 1 is 1.08 bits per heavy atom. The van der Waals surface area contributed by atoms with E-state index in [0.29, 0.717) is 40.8 Å². The van der Waals surface area contributed by atoms with E-state index >= 15 is 0 Å². The van der Waals surface area contributed by atoms with Gasteiger partial charge in [0.2, 0.25) is 12.2 Å². The number of halogens is 1. The van der Waals surface area contributed by atoms with Gasteiger partial charge in [-0.3, -0.25) is 9.78 Å². The minimum absolute atomic E-state index is 0.0987. The van der Waals surface area contributed by atoms with Crippen LogP contribution in [0.2, 0.25) is 0 Å². The molecule has 3 aromatic heterocycles. The lowest BCUT2D eigenvalue weighted by Crippen LogP contribution is -2.45. The van der Waals surface area contributed by atoms with Crippen molar-refractivity contribution in [3.05, 3.63) is 72.7 Å². The lowest BCUT2D eigenvalue weighted by molar-refractivity contribution is -0.229. The molecule has 0 aliphatic carbocycles. The van der Waals surface area contributed by atoms with Gasteiger partial charge >= 0.3 is 6.01 Å². The van der Waals surface area contributed by atoms with Crippen LogP contribution in [0, 0.1) is 11.2 Å². The molecule has 0 radical (unpaired) electrons. The lowest BCUT2D eigenvalue weighted by Gasteiger charge is -2.35. The predicted octanol–water partition coefficient (Wildman–Crippen LogP) is 3.78. The van der Waals surface area contributed by atoms with Crippen molar-refractivity contribution in [3.8, 4) is 28.7 Å². The molecule has 4 aromatic rings. The van der Waals surface area contributed by atoms with E-state index in [1.165, 1.54) is 12.1 Å². The number of pyridine rings is 1. The van der Waals surface area contributed by atoms with Gasteiger partial charge < -0.3 is 29.2 Å². The number of aromatic amines is 1. The van der Waals surface area contributed by atoms with E-state index in [2.05, 4.69) is 25.3 Å². The molecule has 2 N–H and O–H groups in total. The molecular weight excluding hydrogens is 507 g/mol. The minimum atomic E-state index is -0.921. The van der Waals surface area contributed by atoms with Gasteiger partial charge in [0.25, 0.3) is 0 Å². The van der Waals surface area contributed by atoms with E-state index in [9.17, 15) is 9.18 Å². The second-order valence-corrected chi connectivity index (χ2v) is 9.12. The Hall–Kier alpha value is -4.26. The van der Waals surface area contributed by atoms with Gasteiger partial charge in [-0.1, -0.05) is 0 Å². The number of benzene rings is 1. The first-order valence-corrected chi connectivity index (χ1v) is 12.2. The number of anilines is 1. The summed E-state index contributed by atoms with van der Waals surface area (Å²) in [6.07, 6.45) is 3.90. The molecule has 1 aliphatic heterocycles. The number of imidazole rings is 1. The molecule has 1 amide bonds. The highest BCUT2D eigenvalue weighted by Gasteiger charge is 2.41. The summed E-state index contributed by atoms with van der Waals surface area (Å²) in [5.41, 5.74) is 1.94. The summed E-state index contributed by atoms with van der Waals surface area (Å²) in [4.78, 5) is 33.5. The predicted molar refractivity (Wildman–Crippen MR) is 138 cm³/mol. The largest absolute Gasteiger partial charge is 0.461 e. The number of carbonyl (C=O) groups excluding carboxylic acids is 1. The van der Waals surface area contributed by atoms with E-state index < -0.39 is 11.7 Å². The van der Waals surface area contributed by atoms with Crippen molar-refractivity contribution in [2.75, 3.05) is 38.9 Å². The molecule has 0 saturated carbocycles. The third-order valence-corrected chi connectivity index (χ3v) is 6.06. The molecule has 0 spiro atoms. The zero-order valence-corrected chi connectivity index (χ0v) is 21.4. The van der Waals surface area contributed by atoms with Crippen molar-refractivity contribution in [1.29, 1.82) is 0 Å². The number of methoxy groups -OCH3 is 1. The molecule has 1 saturated heterocycles. The monoisotopic (exact) mass is 534 g/mol. The van der Waals surface area contributed by atoms with E-state index in [4.69, 9.17) is 23.9 Å². The third kappa shape index (κ3) is 6.08. The first-order chi connectivity index (χ1) is 18.9. The van der Waals surface area contributed by atoms with Crippen LogP contribution in [0.5, 0.6) is 6.01 Å². The average Bonchev–Trinajstić information content (AvgIpc) is 3.40. The molecule has 1 aliphatic rings. The Morgan fingerprint density at radius 2 is 1.82 bits per heavy atom. The number of ether oxygens (including phenoxy) is 4. The number of hydrogen-bond donors (Lipinski definition) is 2. The zero-order chi connectivity index (χ0) is 27.2. The number of amides is 1. The Bertz CT molecular complexity index is 1410. The van der Waals surface area contributed by atoms with Gasteiger partial charge in [-0.15, -0.1) is 0 Å². The lowest BCUT2D eigenvalue weighted by atomic mass is 9.91. The summed E-state index contributed by atoms with van der Waals surface area (Å²) in [6, 6.07) is 11.2. The second kappa shape index (κ2) is 11.6. The van der Waals surface area contributed by atoms with E-state index in [0.717, 1.165) is 0 Å². The molecule has 4 heterocycles. The summed E-state index contributed by atoms with van der Waals surface area (Å²) in [7, 11) is 1.58. The number of nitrogens with one attached hydrogen (secondary N) is 2. The summed E-state index contributed by atoms with van der Waals surface area (Å²) in [5, 5.41) is 2.86. The number of rotatable bonds is 9. The third-order valence-electron chi connectivity index (χ3n) is 6.06. The molecule has 0 unspecified atom stereocenters. The fourth-order valence-corrected chi connectivity index (χ4v) is 3.89. The Kier molecular flexibility index (Phi) is 7.87. The second-order valence-electron chi connectivity index (χ2n) is 9.12. The van der Waals surface area contributed by atoms with E-state index in [1.54, 1.807) is 63.0 Å². The van der Waals surface area contributed by atoms with Crippen molar-refractivity contribution in [1.82, 2.24) is 24.9 Å². The Labute approximate surface area is 223 Å². The first kappa shape index (κ1) is 26.4. The SMILES string of the molecule is COCCOc1nccc(-c2[nH]c(C3OCC(C)(C(=O)Nc4ccncc4)CO3)nc2-c2ccc(F)cc2)n1. The highest BCUT2D eigenvalue weighted by molar-refractivity contribution is 5.95. The van der Waals surface area contributed by atoms with Crippen LogP contribution < -0.4 is 10.1 Å². The number of carbonyl (C=O) groups is 1. The normalized spacial score (nSPS) is 19.0. The molecule has 0 bridgehead atoms. The van der Waals surface area contributed by atoms with Gasteiger partial charge in [-0.25, -0.2) is 14.4 Å². The molecule has 1 aromatic carbocycles. The molecule has 5 rings (SSSR count). The fraction of sp³-hybridized carbons (Fsp3) is 0.296. The Balaban J connectivity index is 1.38. The number of nitrogens with zero attached hydrogens (tertiary/aromatic N) is 4. The number of aromatic nitrogens is 5. The minimum Gasteiger partial charge on any atom is -0.461 e. The molecule has 11 nitrogen and oxygen atoms in total. The van der Waals surface area contributed by atoms with Gasteiger partial charge in [0.15, 0.2) is 5.82 Å². The summed E-state index contributed by atoms with van der Waals surface area (Å²) >= 11 is 0. The highest BCUT2D eigenvalue weighted by Crippen LogP contribution is 2.36.